The van der Waals surface area contributed by atoms with Crippen molar-refractivity contribution in [3.8, 4) is 0 Å². The van der Waals surface area contributed by atoms with Crippen LogP contribution in [-0.2, 0) is 12.1 Å². The van der Waals surface area contributed by atoms with Crippen LogP contribution in [0.15, 0.2) is 12.4 Å². The molecule has 0 aliphatic heterocycles. The third kappa shape index (κ3) is 1.80. The van der Waals surface area contributed by atoms with E-state index in [1.807, 2.05) is 13.1 Å². The quantitative estimate of drug-likeness (QED) is 0.693. The number of aromatic nitrogens is 2. The largest absolute Gasteiger partial charge is 0.386 e. The van der Waals surface area contributed by atoms with E-state index in [2.05, 4.69) is 5.10 Å². The van der Waals surface area contributed by atoms with Crippen molar-refractivity contribution in [2.24, 2.45) is 0 Å². The van der Waals surface area contributed by atoms with Crippen LogP contribution in [0.1, 0.15) is 26.3 Å². The number of rotatable bonds is 2. The normalized spacial score (nSPS) is 12.0. The Bertz CT molecular complexity index is 234. The third-order valence-corrected chi connectivity index (χ3v) is 1.66. The maximum absolute atomic E-state index is 9.54. The highest BCUT2D eigenvalue weighted by Gasteiger charge is 2.17. The molecule has 0 aliphatic carbocycles. The van der Waals surface area contributed by atoms with Crippen molar-refractivity contribution >= 4 is 0 Å². The zero-order valence-electron chi connectivity index (χ0n) is 7.20. The van der Waals surface area contributed by atoms with Crippen LogP contribution in [0.3, 0.4) is 0 Å². The summed E-state index contributed by atoms with van der Waals surface area (Å²) >= 11 is 0. The summed E-state index contributed by atoms with van der Waals surface area (Å²) in [5.74, 6) is 0. The number of hydrogen-bond acceptors (Lipinski definition) is 2. The summed E-state index contributed by atoms with van der Waals surface area (Å²) in [6.45, 7) is 6.37. The van der Waals surface area contributed by atoms with Gasteiger partial charge in [-0.05, 0) is 20.8 Å². The monoisotopic (exact) mass is 154 g/mol. The molecule has 0 atom stereocenters. The molecule has 1 aromatic rings. The molecule has 0 saturated heterocycles. The fourth-order valence-corrected chi connectivity index (χ4v) is 0.852. The summed E-state index contributed by atoms with van der Waals surface area (Å²) in [6.07, 6.45) is 3.56. The summed E-state index contributed by atoms with van der Waals surface area (Å²) in [5, 5.41) is 13.6. The minimum Gasteiger partial charge on any atom is -0.386 e. The number of hydrogen-bond donors (Lipinski definition) is 1. The maximum Gasteiger partial charge on any atom is 0.0870 e. The van der Waals surface area contributed by atoms with Gasteiger partial charge in [-0.15, -0.1) is 0 Å². The maximum atomic E-state index is 9.54. The summed E-state index contributed by atoms with van der Waals surface area (Å²) in [4.78, 5) is 0. The average Bonchev–Trinajstić information content (AvgIpc) is 2.32. The van der Waals surface area contributed by atoms with Crippen LogP contribution in [0.5, 0.6) is 0 Å². The molecule has 0 aliphatic rings. The minimum atomic E-state index is -0.770. The van der Waals surface area contributed by atoms with E-state index < -0.39 is 5.60 Å². The molecule has 0 saturated carbocycles. The first-order chi connectivity index (χ1) is 5.04. The molecule has 3 nitrogen and oxygen atoms in total. The Morgan fingerprint density at radius 3 is 2.55 bits per heavy atom. The van der Waals surface area contributed by atoms with Crippen LogP contribution in [0.2, 0.25) is 0 Å². The molecular weight excluding hydrogens is 140 g/mol. The molecule has 0 aromatic carbocycles. The molecule has 0 amide bonds. The molecule has 3 heteroatoms. The van der Waals surface area contributed by atoms with Crippen molar-refractivity contribution in [2.75, 3.05) is 0 Å². The van der Waals surface area contributed by atoms with Gasteiger partial charge in [0.2, 0.25) is 0 Å². The van der Waals surface area contributed by atoms with Gasteiger partial charge in [0.25, 0.3) is 0 Å². The molecule has 1 rings (SSSR count). The third-order valence-electron chi connectivity index (χ3n) is 1.66. The zero-order valence-corrected chi connectivity index (χ0v) is 7.20. The van der Waals surface area contributed by atoms with Crippen molar-refractivity contribution in [1.29, 1.82) is 0 Å². The lowest BCUT2D eigenvalue weighted by atomic mass is 10.0. The Morgan fingerprint density at radius 1 is 1.64 bits per heavy atom. The molecule has 1 N–H and O–H groups in total. The van der Waals surface area contributed by atoms with E-state index in [1.165, 1.54) is 0 Å². The zero-order chi connectivity index (χ0) is 8.48. The van der Waals surface area contributed by atoms with Gasteiger partial charge in [-0.25, -0.2) is 0 Å². The van der Waals surface area contributed by atoms with Crippen LogP contribution in [-0.4, -0.2) is 14.9 Å². The van der Waals surface area contributed by atoms with Crippen molar-refractivity contribution in [3.63, 3.8) is 0 Å². The van der Waals surface area contributed by atoms with Crippen molar-refractivity contribution < 1.29 is 5.11 Å². The highest BCUT2D eigenvalue weighted by molar-refractivity contribution is 5.12. The predicted molar refractivity (Wildman–Crippen MR) is 43.1 cm³/mol. The Hall–Kier alpha value is -0.830. The second-order valence-electron chi connectivity index (χ2n) is 3.14. The highest BCUT2D eigenvalue weighted by atomic mass is 16.3. The van der Waals surface area contributed by atoms with Crippen LogP contribution >= 0.6 is 0 Å². The standard InChI is InChI=1S/C8H14N2O/c1-4-10-6-7(5-9-10)8(2,3)11/h5-6,11H,4H2,1-3H3. The first-order valence-electron chi connectivity index (χ1n) is 3.79. The number of aryl methyl sites for hydroxylation is 1. The van der Waals surface area contributed by atoms with E-state index in [-0.39, 0.29) is 0 Å². The highest BCUT2D eigenvalue weighted by Crippen LogP contribution is 2.17. The van der Waals surface area contributed by atoms with Gasteiger partial charge in [-0.1, -0.05) is 0 Å². The van der Waals surface area contributed by atoms with Gasteiger partial charge in [0, 0.05) is 18.3 Å². The molecule has 0 radical (unpaired) electrons. The molecule has 1 heterocycles. The molecule has 0 bridgehead atoms. The lowest BCUT2D eigenvalue weighted by Gasteiger charge is -2.13. The summed E-state index contributed by atoms with van der Waals surface area (Å²) in [7, 11) is 0. The van der Waals surface area contributed by atoms with Crippen LogP contribution in [0.25, 0.3) is 0 Å². The molecule has 0 unspecified atom stereocenters. The molecule has 0 fully saturated rings. The van der Waals surface area contributed by atoms with Crippen LogP contribution in [0, 0.1) is 0 Å². The molecule has 0 spiro atoms. The Kier molecular flexibility index (Phi) is 2.00. The van der Waals surface area contributed by atoms with Gasteiger partial charge in [0.15, 0.2) is 0 Å². The molecule has 1 aromatic heterocycles. The summed E-state index contributed by atoms with van der Waals surface area (Å²) in [6, 6.07) is 0. The van der Waals surface area contributed by atoms with Crippen LogP contribution in [0.4, 0.5) is 0 Å². The predicted octanol–water partition coefficient (Wildman–Crippen LogP) is 1.13. The SMILES string of the molecule is CCn1cc(C(C)(C)O)cn1. The summed E-state index contributed by atoms with van der Waals surface area (Å²) in [5.41, 5.74) is 0.0901. The Morgan fingerprint density at radius 2 is 2.27 bits per heavy atom. The Labute approximate surface area is 66.7 Å². The van der Waals surface area contributed by atoms with E-state index >= 15 is 0 Å². The second kappa shape index (κ2) is 2.66. The van der Waals surface area contributed by atoms with Crippen LogP contribution < -0.4 is 0 Å². The van der Waals surface area contributed by atoms with E-state index in [0.717, 1.165) is 12.1 Å². The lowest BCUT2D eigenvalue weighted by Crippen LogP contribution is -2.14. The molecule has 11 heavy (non-hydrogen) atoms. The van der Waals surface area contributed by atoms with Gasteiger partial charge >= 0.3 is 0 Å². The van der Waals surface area contributed by atoms with E-state index in [1.54, 1.807) is 24.7 Å². The second-order valence-corrected chi connectivity index (χ2v) is 3.14. The van der Waals surface area contributed by atoms with Crippen molar-refractivity contribution in [2.45, 2.75) is 32.9 Å². The van der Waals surface area contributed by atoms with Crippen molar-refractivity contribution in [3.05, 3.63) is 18.0 Å². The van der Waals surface area contributed by atoms with Crippen molar-refractivity contribution in [1.82, 2.24) is 9.78 Å². The number of nitrogens with zero attached hydrogens (tertiary/aromatic N) is 2. The first-order valence-corrected chi connectivity index (χ1v) is 3.79. The fourth-order valence-electron chi connectivity index (χ4n) is 0.852. The fraction of sp³-hybridized carbons (Fsp3) is 0.625. The smallest absolute Gasteiger partial charge is 0.0870 e. The van der Waals surface area contributed by atoms with Gasteiger partial charge in [-0.2, -0.15) is 5.10 Å². The Balaban J connectivity index is 2.89. The molecular formula is C8H14N2O. The van der Waals surface area contributed by atoms with Gasteiger partial charge < -0.3 is 5.11 Å². The van der Waals surface area contributed by atoms with Gasteiger partial charge in [0.05, 0.1) is 11.8 Å². The number of aliphatic hydroxyl groups is 1. The minimum absolute atomic E-state index is 0.770. The molecule has 62 valence electrons. The topological polar surface area (TPSA) is 38.0 Å². The summed E-state index contributed by atoms with van der Waals surface area (Å²) < 4.78 is 1.80. The average molecular weight is 154 g/mol. The lowest BCUT2D eigenvalue weighted by molar-refractivity contribution is 0.0785. The van der Waals surface area contributed by atoms with Gasteiger partial charge in [-0.3, -0.25) is 4.68 Å². The van der Waals surface area contributed by atoms with Gasteiger partial charge in [0.1, 0.15) is 0 Å². The van der Waals surface area contributed by atoms with E-state index in [9.17, 15) is 5.11 Å². The van der Waals surface area contributed by atoms with E-state index in [4.69, 9.17) is 0 Å². The first kappa shape index (κ1) is 8.27. The van der Waals surface area contributed by atoms with E-state index in [0.29, 0.717) is 0 Å².